The Kier molecular flexibility index (Phi) is 5.89. The average molecular weight is 260 g/mol. The van der Waals surface area contributed by atoms with Crippen LogP contribution in [0.4, 0.5) is 0 Å². The van der Waals surface area contributed by atoms with Gasteiger partial charge < -0.3 is 10.6 Å². The molecule has 1 atom stereocenters. The first-order valence-electron chi connectivity index (χ1n) is 7.38. The highest BCUT2D eigenvalue weighted by Crippen LogP contribution is 2.08. The zero-order valence-corrected chi connectivity index (χ0v) is 11.5. The zero-order chi connectivity index (χ0) is 13.3. The van der Waals surface area contributed by atoms with Crippen molar-refractivity contribution < 1.29 is 4.79 Å². The minimum Gasteiger partial charge on any atom is -0.356 e. The lowest BCUT2D eigenvalue weighted by Gasteiger charge is -2.10. The molecule has 0 unspecified atom stereocenters. The lowest BCUT2D eigenvalue weighted by atomic mass is 10.1. The molecule has 1 aromatic carbocycles. The molecule has 3 nitrogen and oxygen atoms in total. The molecule has 1 amide bonds. The lowest BCUT2D eigenvalue weighted by molar-refractivity contribution is -0.121. The number of hydrogen-bond acceptors (Lipinski definition) is 2. The predicted octanol–water partition coefficient (Wildman–Crippen LogP) is 2.27. The van der Waals surface area contributed by atoms with Gasteiger partial charge in [0.1, 0.15) is 0 Å². The number of hydrogen-bond donors (Lipinski definition) is 2. The minimum absolute atomic E-state index is 0.189. The third-order valence-corrected chi connectivity index (χ3v) is 3.69. The van der Waals surface area contributed by atoms with Crippen LogP contribution in [0.15, 0.2) is 30.3 Å². The Bertz CT molecular complexity index is 372. The van der Waals surface area contributed by atoms with Gasteiger partial charge >= 0.3 is 0 Å². The third kappa shape index (κ3) is 5.43. The summed E-state index contributed by atoms with van der Waals surface area (Å²) in [6, 6.07) is 11.0. The van der Waals surface area contributed by atoms with E-state index < -0.39 is 0 Å². The molecule has 1 aliphatic rings. The first kappa shape index (κ1) is 14.1. The zero-order valence-electron chi connectivity index (χ0n) is 11.5. The average Bonchev–Trinajstić information content (AvgIpc) is 2.93. The number of aryl methyl sites for hydroxylation is 1. The minimum atomic E-state index is 0.189. The van der Waals surface area contributed by atoms with E-state index in [1.165, 1.54) is 18.4 Å². The van der Waals surface area contributed by atoms with Crippen LogP contribution in [0.3, 0.4) is 0 Å². The predicted molar refractivity (Wildman–Crippen MR) is 78.0 cm³/mol. The molecule has 0 radical (unpaired) electrons. The van der Waals surface area contributed by atoms with Gasteiger partial charge in [-0.15, -0.1) is 0 Å². The first-order valence-corrected chi connectivity index (χ1v) is 7.38. The van der Waals surface area contributed by atoms with Gasteiger partial charge in [0.2, 0.25) is 5.91 Å². The molecule has 1 aromatic rings. The van der Waals surface area contributed by atoms with E-state index in [1.54, 1.807) is 0 Å². The van der Waals surface area contributed by atoms with E-state index in [0.717, 1.165) is 32.4 Å². The molecule has 0 aromatic heterocycles. The van der Waals surface area contributed by atoms with E-state index in [2.05, 4.69) is 22.8 Å². The van der Waals surface area contributed by atoms with E-state index in [4.69, 9.17) is 0 Å². The van der Waals surface area contributed by atoms with Crippen molar-refractivity contribution in [3.8, 4) is 0 Å². The second-order valence-corrected chi connectivity index (χ2v) is 5.27. The van der Waals surface area contributed by atoms with E-state index in [0.29, 0.717) is 12.5 Å². The summed E-state index contributed by atoms with van der Waals surface area (Å²) in [4.78, 5) is 11.7. The quantitative estimate of drug-likeness (QED) is 0.789. The second-order valence-electron chi connectivity index (χ2n) is 5.27. The molecule has 1 heterocycles. The highest BCUT2D eigenvalue weighted by Gasteiger charge is 2.13. The number of benzene rings is 1. The highest BCUT2D eigenvalue weighted by molar-refractivity contribution is 5.75. The van der Waals surface area contributed by atoms with Gasteiger partial charge in [0.15, 0.2) is 0 Å². The van der Waals surface area contributed by atoms with E-state index in [1.807, 2.05) is 18.2 Å². The van der Waals surface area contributed by atoms with Crippen molar-refractivity contribution in [3.63, 3.8) is 0 Å². The Morgan fingerprint density at radius 1 is 1.32 bits per heavy atom. The van der Waals surface area contributed by atoms with Crippen LogP contribution in [-0.2, 0) is 11.2 Å². The molecule has 2 rings (SSSR count). The number of amides is 1. The maximum Gasteiger partial charge on any atom is 0.220 e. The molecule has 0 bridgehead atoms. The van der Waals surface area contributed by atoms with Gasteiger partial charge in [-0.25, -0.2) is 0 Å². The molecule has 3 heteroatoms. The summed E-state index contributed by atoms with van der Waals surface area (Å²) in [5.74, 6) is 0.189. The Morgan fingerprint density at radius 3 is 2.89 bits per heavy atom. The molecule has 1 fully saturated rings. The van der Waals surface area contributed by atoms with Gasteiger partial charge in [-0.05, 0) is 44.2 Å². The van der Waals surface area contributed by atoms with Crippen molar-refractivity contribution >= 4 is 5.91 Å². The summed E-state index contributed by atoms with van der Waals surface area (Å²) in [7, 11) is 0. The first-order chi connectivity index (χ1) is 9.34. The van der Waals surface area contributed by atoms with E-state index in [9.17, 15) is 4.79 Å². The third-order valence-electron chi connectivity index (χ3n) is 3.69. The standard InChI is InChI=1S/C16H24N2O/c19-16(18-13-11-15-9-5-12-17-15)10-4-8-14-6-2-1-3-7-14/h1-3,6-7,15,17H,4-5,8-13H2,(H,18,19)/t15-/m1/s1. The summed E-state index contributed by atoms with van der Waals surface area (Å²) >= 11 is 0. The van der Waals surface area contributed by atoms with Gasteiger partial charge in [0, 0.05) is 19.0 Å². The van der Waals surface area contributed by atoms with Gasteiger partial charge in [0.05, 0.1) is 0 Å². The SMILES string of the molecule is O=C(CCCc1ccccc1)NCC[C@H]1CCCN1. The number of nitrogens with one attached hydrogen (secondary N) is 2. The fourth-order valence-corrected chi connectivity index (χ4v) is 2.58. The molecular weight excluding hydrogens is 236 g/mol. The Balaban J connectivity index is 1.52. The summed E-state index contributed by atoms with van der Waals surface area (Å²) in [5.41, 5.74) is 1.31. The molecule has 0 spiro atoms. The van der Waals surface area contributed by atoms with Crippen LogP contribution in [-0.4, -0.2) is 25.0 Å². The van der Waals surface area contributed by atoms with Crippen LogP contribution in [0.1, 0.15) is 37.7 Å². The van der Waals surface area contributed by atoms with Crippen LogP contribution in [0.5, 0.6) is 0 Å². The van der Waals surface area contributed by atoms with Crippen molar-refractivity contribution in [1.29, 1.82) is 0 Å². The van der Waals surface area contributed by atoms with Crippen molar-refractivity contribution in [2.24, 2.45) is 0 Å². The van der Waals surface area contributed by atoms with E-state index >= 15 is 0 Å². The number of carbonyl (C=O) groups is 1. The fraction of sp³-hybridized carbons (Fsp3) is 0.562. The molecule has 1 saturated heterocycles. The monoisotopic (exact) mass is 260 g/mol. The van der Waals surface area contributed by atoms with Gasteiger partial charge in [-0.2, -0.15) is 0 Å². The summed E-state index contributed by atoms with van der Waals surface area (Å²) in [5, 5.41) is 6.46. The van der Waals surface area contributed by atoms with Crippen molar-refractivity contribution in [3.05, 3.63) is 35.9 Å². The molecule has 0 aliphatic carbocycles. The molecule has 2 N–H and O–H groups in total. The van der Waals surface area contributed by atoms with Crippen LogP contribution in [0.25, 0.3) is 0 Å². The number of carbonyl (C=O) groups excluding carboxylic acids is 1. The van der Waals surface area contributed by atoms with Crippen LogP contribution < -0.4 is 10.6 Å². The molecule has 104 valence electrons. The summed E-state index contributed by atoms with van der Waals surface area (Å²) in [6.07, 6.45) is 6.13. The summed E-state index contributed by atoms with van der Waals surface area (Å²) in [6.45, 7) is 1.94. The van der Waals surface area contributed by atoms with Gasteiger partial charge in [-0.1, -0.05) is 30.3 Å². The van der Waals surface area contributed by atoms with Crippen molar-refractivity contribution in [1.82, 2.24) is 10.6 Å². The maximum atomic E-state index is 11.7. The second kappa shape index (κ2) is 7.95. The Morgan fingerprint density at radius 2 is 2.16 bits per heavy atom. The molecular formula is C16H24N2O. The largest absolute Gasteiger partial charge is 0.356 e. The number of rotatable bonds is 7. The molecule has 19 heavy (non-hydrogen) atoms. The topological polar surface area (TPSA) is 41.1 Å². The van der Waals surface area contributed by atoms with Crippen molar-refractivity contribution in [2.75, 3.05) is 13.1 Å². The molecule has 0 saturated carbocycles. The van der Waals surface area contributed by atoms with Crippen molar-refractivity contribution in [2.45, 2.75) is 44.6 Å². The van der Waals surface area contributed by atoms with Gasteiger partial charge in [0.25, 0.3) is 0 Å². The van der Waals surface area contributed by atoms with Crippen LogP contribution >= 0.6 is 0 Å². The highest BCUT2D eigenvalue weighted by atomic mass is 16.1. The smallest absolute Gasteiger partial charge is 0.220 e. The van der Waals surface area contributed by atoms with Crippen LogP contribution in [0.2, 0.25) is 0 Å². The maximum absolute atomic E-state index is 11.7. The normalized spacial score (nSPS) is 18.4. The fourth-order valence-electron chi connectivity index (χ4n) is 2.58. The Hall–Kier alpha value is -1.35. The van der Waals surface area contributed by atoms with E-state index in [-0.39, 0.29) is 5.91 Å². The summed E-state index contributed by atoms with van der Waals surface area (Å²) < 4.78 is 0. The van der Waals surface area contributed by atoms with Gasteiger partial charge in [-0.3, -0.25) is 4.79 Å². The Labute approximate surface area is 115 Å². The lowest BCUT2D eigenvalue weighted by Crippen LogP contribution is -2.30. The molecule has 1 aliphatic heterocycles. The van der Waals surface area contributed by atoms with Crippen LogP contribution in [0, 0.1) is 0 Å².